The van der Waals surface area contributed by atoms with E-state index in [0.29, 0.717) is 0 Å². The molecule has 0 atom stereocenters. The lowest BCUT2D eigenvalue weighted by molar-refractivity contribution is -0.118. The summed E-state index contributed by atoms with van der Waals surface area (Å²) in [6.07, 6.45) is 4.12. The molecule has 0 bridgehead atoms. The van der Waals surface area contributed by atoms with Gasteiger partial charge in [0.25, 0.3) is 0 Å². The van der Waals surface area contributed by atoms with Crippen LogP contribution in [0.5, 0.6) is 0 Å². The number of carbonyl (C=O) groups is 1. The molecule has 0 aromatic rings. The first-order valence-electron chi connectivity index (χ1n) is 2.89. The van der Waals surface area contributed by atoms with Gasteiger partial charge >= 0.3 is 0 Å². The van der Waals surface area contributed by atoms with Crippen molar-refractivity contribution in [1.29, 1.82) is 5.41 Å². The zero-order valence-electron chi connectivity index (χ0n) is 4.68. The second-order valence-corrected chi connectivity index (χ2v) is 2.17. The topological polar surface area (TPSA) is 40.9 Å². The first-order chi connectivity index (χ1) is 3.84. The van der Waals surface area contributed by atoms with Crippen LogP contribution in [-0.4, -0.2) is 12.0 Å². The van der Waals surface area contributed by atoms with Crippen molar-refractivity contribution in [2.75, 3.05) is 0 Å². The highest BCUT2D eigenvalue weighted by atomic mass is 16.1. The number of nitrogens with one attached hydrogen (secondary N) is 1. The molecule has 0 saturated heterocycles. The minimum absolute atomic E-state index is 0.0104. The smallest absolute Gasteiger partial charge is 0.176 e. The molecule has 0 aromatic carbocycles. The zero-order chi connectivity index (χ0) is 5.98. The fraction of sp³-hybridized carbons (Fsp3) is 0.667. The first-order valence-corrected chi connectivity index (χ1v) is 2.89. The number of ketones is 1. The van der Waals surface area contributed by atoms with Crippen LogP contribution in [-0.2, 0) is 4.79 Å². The summed E-state index contributed by atoms with van der Waals surface area (Å²) in [6, 6.07) is 0. The lowest BCUT2D eigenvalue weighted by Gasteiger charge is -2.21. The molecular weight excluding hydrogens is 102 g/mol. The van der Waals surface area contributed by atoms with E-state index in [-0.39, 0.29) is 11.7 Å². The molecule has 0 radical (unpaired) electrons. The largest absolute Gasteiger partial charge is 0.305 e. The van der Waals surface area contributed by atoms with Crippen molar-refractivity contribution in [3.8, 4) is 0 Å². The van der Waals surface area contributed by atoms with Crippen molar-refractivity contribution in [3.63, 3.8) is 0 Å². The number of Topliss-reactive ketones (excluding diaryl/α,β-unsaturated/α-hetero) is 1. The molecule has 0 heterocycles. The minimum atomic E-state index is 0.0104. The van der Waals surface area contributed by atoms with Gasteiger partial charge in [-0.3, -0.25) is 4.79 Å². The van der Waals surface area contributed by atoms with E-state index < -0.39 is 0 Å². The zero-order valence-corrected chi connectivity index (χ0v) is 4.68. The molecule has 2 nitrogen and oxygen atoms in total. The highest BCUT2D eigenvalue weighted by Crippen LogP contribution is 2.26. The van der Waals surface area contributed by atoms with E-state index in [4.69, 9.17) is 5.41 Å². The van der Waals surface area contributed by atoms with Crippen LogP contribution >= 0.6 is 0 Å². The van der Waals surface area contributed by atoms with Crippen LogP contribution in [0.3, 0.4) is 0 Å². The van der Waals surface area contributed by atoms with E-state index in [1.807, 2.05) is 0 Å². The molecule has 1 aliphatic carbocycles. The first kappa shape index (κ1) is 5.48. The molecule has 1 N–H and O–H groups in total. The van der Waals surface area contributed by atoms with E-state index in [2.05, 4.69) is 0 Å². The maximum atomic E-state index is 10.6. The van der Waals surface area contributed by atoms with Crippen LogP contribution in [0.25, 0.3) is 0 Å². The Morgan fingerprint density at radius 1 is 1.62 bits per heavy atom. The number of rotatable bonds is 2. The Kier molecular flexibility index (Phi) is 1.42. The second-order valence-electron chi connectivity index (χ2n) is 2.17. The van der Waals surface area contributed by atoms with E-state index in [1.165, 1.54) is 6.42 Å². The SMILES string of the molecule is N=CC(=O)C1CCC1. The fourth-order valence-corrected chi connectivity index (χ4v) is 0.811. The van der Waals surface area contributed by atoms with Crippen molar-refractivity contribution in [1.82, 2.24) is 0 Å². The molecule has 44 valence electrons. The van der Waals surface area contributed by atoms with Crippen LogP contribution < -0.4 is 0 Å². The second kappa shape index (κ2) is 2.07. The van der Waals surface area contributed by atoms with Crippen LogP contribution in [0.1, 0.15) is 19.3 Å². The summed E-state index contributed by atoms with van der Waals surface area (Å²) in [5.41, 5.74) is 0. The van der Waals surface area contributed by atoms with Crippen molar-refractivity contribution < 1.29 is 4.79 Å². The lowest BCUT2D eigenvalue weighted by atomic mass is 9.82. The Morgan fingerprint density at radius 2 is 2.25 bits per heavy atom. The molecule has 1 aliphatic rings. The van der Waals surface area contributed by atoms with E-state index >= 15 is 0 Å². The Bertz CT molecular complexity index is 116. The number of hydrogen-bond donors (Lipinski definition) is 1. The van der Waals surface area contributed by atoms with Gasteiger partial charge < -0.3 is 5.41 Å². The molecule has 1 saturated carbocycles. The third-order valence-corrected chi connectivity index (χ3v) is 1.65. The summed E-state index contributed by atoms with van der Waals surface area (Å²) in [5.74, 6) is 0.226. The maximum absolute atomic E-state index is 10.6. The molecule has 0 aromatic heterocycles. The molecule has 0 amide bonds. The van der Waals surface area contributed by atoms with Crippen molar-refractivity contribution in [2.24, 2.45) is 5.92 Å². The third kappa shape index (κ3) is 0.782. The molecule has 2 heteroatoms. The van der Waals surface area contributed by atoms with E-state index in [1.54, 1.807) is 0 Å². The van der Waals surface area contributed by atoms with Gasteiger partial charge in [-0.25, -0.2) is 0 Å². The average Bonchev–Trinajstić information content (AvgIpc) is 1.62. The third-order valence-electron chi connectivity index (χ3n) is 1.65. The van der Waals surface area contributed by atoms with Crippen molar-refractivity contribution in [2.45, 2.75) is 19.3 Å². The van der Waals surface area contributed by atoms with Gasteiger partial charge in [-0.1, -0.05) is 6.42 Å². The maximum Gasteiger partial charge on any atom is 0.176 e. The molecular formula is C6H9NO. The van der Waals surface area contributed by atoms with Crippen LogP contribution in [0.2, 0.25) is 0 Å². The Labute approximate surface area is 48.4 Å². The van der Waals surface area contributed by atoms with Gasteiger partial charge in [0, 0.05) is 5.92 Å². The highest BCUT2D eigenvalue weighted by Gasteiger charge is 2.22. The summed E-state index contributed by atoms with van der Waals surface area (Å²) >= 11 is 0. The van der Waals surface area contributed by atoms with Gasteiger partial charge in [0.2, 0.25) is 0 Å². The van der Waals surface area contributed by atoms with Crippen molar-refractivity contribution in [3.05, 3.63) is 0 Å². The molecule has 0 spiro atoms. The molecule has 1 fully saturated rings. The monoisotopic (exact) mass is 111 g/mol. The normalized spacial score (nSPS) is 19.5. The van der Waals surface area contributed by atoms with Gasteiger partial charge in [0.05, 0.1) is 6.21 Å². The Morgan fingerprint density at radius 3 is 2.38 bits per heavy atom. The Balaban J connectivity index is 2.34. The van der Waals surface area contributed by atoms with Gasteiger partial charge in [-0.05, 0) is 12.8 Å². The van der Waals surface area contributed by atoms with E-state index in [9.17, 15) is 4.79 Å². The predicted molar refractivity (Wildman–Crippen MR) is 31.1 cm³/mol. The summed E-state index contributed by atoms with van der Waals surface area (Å²) in [5, 5.41) is 6.60. The van der Waals surface area contributed by atoms with Crippen molar-refractivity contribution >= 4 is 12.0 Å². The van der Waals surface area contributed by atoms with Crippen LogP contribution in [0.4, 0.5) is 0 Å². The fourth-order valence-electron chi connectivity index (χ4n) is 0.811. The van der Waals surface area contributed by atoms with Gasteiger partial charge in [-0.15, -0.1) is 0 Å². The number of carbonyl (C=O) groups excluding carboxylic acids is 1. The van der Waals surface area contributed by atoms with Crippen LogP contribution in [0, 0.1) is 11.3 Å². The van der Waals surface area contributed by atoms with E-state index in [0.717, 1.165) is 19.1 Å². The van der Waals surface area contributed by atoms with Gasteiger partial charge in [0.1, 0.15) is 0 Å². The summed E-state index contributed by atoms with van der Waals surface area (Å²) < 4.78 is 0. The molecule has 1 rings (SSSR count). The summed E-state index contributed by atoms with van der Waals surface area (Å²) in [6.45, 7) is 0. The number of hydrogen-bond acceptors (Lipinski definition) is 2. The Hall–Kier alpha value is -0.660. The molecule has 0 aliphatic heterocycles. The average molecular weight is 111 g/mol. The quantitative estimate of drug-likeness (QED) is 0.531. The lowest BCUT2D eigenvalue weighted by Crippen LogP contribution is -2.22. The van der Waals surface area contributed by atoms with Gasteiger partial charge in [-0.2, -0.15) is 0 Å². The molecule has 8 heavy (non-hydrogen) atoms. The summed E-state index contributed by atoms with van der Waals surface area (Å²) in [7, 11) is 0. The predicted octanol–water partition coefficient (Wildman–Crippen LogP) is 1.01. The standard InChI is InChI=1S/C6H9NO/c7-4-6(8)5-2-1-3-5/h4-5,7H,1-3H2. The minimum Gasteiger partial charge on any atom is -0.305 e. The highest BCUT2D eigenvalue weighted by molar-refractivity contribution is 6.27. The summed E-state index contributed by atoms with van der Waals surface area (Å²) in [4.78, 5) is 10.6. The van der Waals surface area contributed by atoms with Gasteiger partial charge in [0.15, 0.2) is 5.78 Å². The van der Waals surface area contributed by atoms with Crippen LogP contribution in [0.15, 0.2) is 0 Å². The molecule has 0 unspecified atom stereocenters.